The number of hydrogen-bond acceptors (Lipinski definition) is 7. The van der Waals surface area contributed by atoms with Crippen molar-refractivity contribution in [3.05, 3.63) is 77.6 Å². The summed E-state index contributed by atoms with van der Waals surface area (Å²) in [6, 6.07) is 11.0. The molecule has 4 N–H and O–H groups in total. The summed E-state index contributed by atoms with van der Waals surface area (Å²) >= 11 is 0. The predicted molar refractivity (Wildman–Crippen MR) is 116 cm³/mol. The molecule has 1 amide bonds. The molecule has 3 aromatic rings. The van der Waals surface area contributed by atoms with Gasteiger partial charge in [-0.2, -0.15) is 0 Å². The summed E-state index contributed by atoms with van der Waals surface area (Å²) in [5.41, 5.74) is 7.03. The summed E-state index contributed by atoms with van der Waals surface area (Å²) in [6.45, 7) is 1.50. The number of nitrogen functional groups attached to an aromatic ring is 1. The van der Waals surface area contributed by atoms with Crippen molar-refractivity contribution < 1.29 is 36.2 Å². The first kappa shape index (κ1) is 25.0. The fraction of sp³-hybridized carbons (Fsp3) is 0.182. The van der Waals surface area contributed by atoms with Crippen LogP contribution in [0.3, 0.4) is 0 Å². The van der Waals surface area contributed by atoms with Crippen molar-refractivity contribution in [2.45, 2.75) is 29.1 Å². The molecule has 0 aliphatic heterocycles. The van der Waals surface area contributed by atoms with Gasteiger partial charge < -0.3 is 20.9 Å². The number of aliphatic hydroxyl groups is 1. The second-order valence-electron chi connectivity index (χ2n) is 7.25. The molecule has 0 bridgehead atoms. The van der Waals surface area contributed by atoms with Crippen LogP contribution in [0.2, 0.25) is 0 Å². The number of aliphatic hydroxyl groups excluding tert-OH is 1. The number of hydrogen-bond donors (Lipinski definition) is 3. The highest BCUT2D eigenvalue weighted by molar-refractivity contribution is 7.91. The van der Waals surface area contributed by atoms with Gasteiger partial charge in [0.05, 0.1) is 28.1 Å². The van der Waals surface area contributed by atoms with Crippen LogP contribution in [0.15, 0.2) is 70.6 Å². The van der Waals surface area contributed by atoms with Crippen LogP contribution in [0.5, 0.6) is 5.75 Å². The molecule has 2 aromatic carbocycles. The smallest absolute Gasteiger partial charge is 0.406 e. The normalized spacial score (nSPS) is 12.7. The first-order valence-corrected chi connectivity index (χ1v) is 11.2. The highest BCUT2D eigenvalue weighted by atomic mass is 32.2. The number of alkyl halides is 3. The third-order valence-corrected chi connectivity index (χ3v) is 6.49. The number of benzene rings is 2. The van der Waals surface area contributed by atoms with Gasteiger partial charge in [-0.1, -0.05) is 29.8 Å². The minimum Gasteiger partial charge on any atom is -0.406 e. The number of nitrogens with zero attached hydrogens (tertiary/aromatic N) is 1. The van der Waals surface area contributed by atoms with E-state index in [1.54, 1.807) is 12.1 Å². The number of halogens is 3. The highest BCUT2D eigenvalue weighted by Crippen LogP contribution is 2.27. The van der Waals surface area contributed by atoms with Gasteiger partial charge in [0, 0.05) is 6.20 Å². The Morgan fingerprint density at radius 1 is 1.12 bits per heavy atom. The molecule has 8 nitrogen and oxygen atoms in total. The van der Waals surface area contributed by atoms with Crippen molar-refractivity contribution in [2.75, 3.05) is 12.3 Å². The summed E-state index contributed by atoms with van der Waals surface area (Å²) in [4.78, 5) is 15.8. The van der Waals surface area contributed by atoms with Crippen molar-refractivity contribution in [2.24, 2.45) is 0 Å². The molecule has 0 aliphatic carbocycles. The molecule has 0 aliphatic rings. The number of amides is 1. The van der Waals surface area contributed by atoms with Gasteiger partial charge >= 0.3 is 6.36 Å². The monoisotopic (exact) mass is 495 g/mol. The minimum absolute atomic E-state index is 0.240. The van der Waals surface area contributed by atoms with Gasteiger partial charge in [-0.05, 0) is 42.8 Å². The number of nitrogens with two attached hydrogens (primary N) is 1. The van der Waals surface area contributed by atoms with E-state index in [9.17, 15) is 31.5 Å². The van der Waals surface area contributed by atoms with E-state index < -0.39 is 40.5 Å². The minimum atomic E-state index is -4.91. The molecular formula is C22H20F3N3O5S. The Morgan fingerprint density at radius 3 is 2.26 bits per heavy atom. The Morgan fingerprint density at radius 2 is 1.74 bits per heavy atom. The average Bonchev–Trinajstić information content (AvgIpc) is 2.77. The van der Waals surface area contributed by atoms with Crippen molar-refractivity contribution in [3.8, 4) is 5.75 Å². The Labute approximate surface area is 193 Å². The Kier molecular flexibility index (Phi) is 7.12. The van der Waals surface area contributed by atoms with Gasteiger partial charge in [0.2, 0.25) is 9.84 Å². The average molecular weight is 495 g/mol. The summed E-state index contributed by atoms with van der Waals surface area (Å²) in [6.07, 6.45) is -4.00. The molecule has 1 atom stereocenters. The van der Waals surface area contributed by atoms with E-state index >= 15 is 0 Å². The Hall–Kier alpha value is -3.64. The maximum Gasteiger partial charge on any atom is 0.573 e. The predicted octanol–water partition coefficient (Wildman–Crippen LogP) is 3.17. The van der Waals surface area contributed by atoms with Crippen LogP contribution in [-0.2, 0) is 9.84 Å². The molecule has 0 saturated heterocycles. The second kappa shape index (κ2) is 9.69. The number of aromatic nitrogens is 1. The fourth-order valence-corrected chi connectivity index (χ4v) is 4.25. The first-order chi connectivity index (χ1) is 15.9. The van der Waals surface area contributed by atoms with Crippen molar-refractivity contribution in [1.82, 2.24) is 10.3 Å². The van der Waals surface area contributed by atoms with Crippen LogP contribution in [-0.4, -0.2) is 37.4 Å². The lowest BCUT2D eigenvalue weighted by atomic mass is 10.1. The van der Waals surface area contributed by atoms with E-state index in [2.05, 4.69) is 15.0 Å². The summed E-state index contributed by atoms with van der Waals surface area (Å²) in [7, 11) is -4.19. The number of ether oxygens (including phenoxy) is 1. The number of aryl methyl sites for hydroxylation is 1. The molecule has 180 valence electrons. The van der Waals surface area contributed by atoms with Gasteiger partial charge in [-0.15, -0.1) is 13.2 Å². The zero-order chi connectivity index (χ0) is 25.1. The molecule has 1 aromatic heterocycles. The molecule has 0 radical (unpaired) electrons. The molecule has 0 fully saturated rings. The molecular weight excluding hydrogens is 475 g/mol. The number of carbonyl (C=O) groups excluding carboxylic acids is 1. The van der Waals surface area contributed by atoms with Crippen molar-refractivity contribution in [3.63, 3.8) is 0 Å². The van der Waals surface area contributed by atoms with Crippen LogP contribution in [0.1, 0.15) is 27.7 Å². The van der Waals surface area contributed by atoms with Gasteiger partial charge in [-0.25, -0.2) is 13.4 Å². The van der Waals surface area contributed by atoms with Gasteiger partial charge in [0.15, 0.2) is 5.69 Å². The third-order valence-electron chi connectivity index (χ3n) is 4.75. The van der Waals surface area contributed by atoms with E-state index in [1.807, 2.05) is 19.1 Å². The molecule has 0 spiro atoms. The first-order valence-electron chi connectivity index (χ1n) is 9.75. The molecule has 1 unspecified atom stereocenters. The van der Waals surface area contributed by atoms with Gasteiger partial charge in [0.25, 0.3) is 5.91 Å². The third kappa shape index (κ3) is 5.83. The number of anilines is 1. The number of nitrogens with one attached hydrogen (secondary N) is 1. The molecule has 3 rings (SSSR count). The van der Waals surface area contributed by atoms with Crippen LogP contribution in [0, 0.1) is 6.92 Å². The van der Waals surface area contributed by atoms with Crippen LogP contribution >= 0.6 is 0 Å². The topological polar surface area (TPSA) is 132 Å². The standard InChI is InChI=1S/C22H20F3N3O5S/c1-13-2-4-14(5-3-13)19(12-29)28-21(30)20-18(26)10-17(11-27-20)34(31,32)16-8-6-15(7-9-16)33-22(23,24)25/h2-11,19,29H,12,26H2,1H3,(H,28,30). The summed E-state index contributed by atoms with van der Waals surface area (Å²) < 4.78 is 66.2. The summed E-state index contributed by atoms with van der Waals surface area (Å²) in [5, 5.41) is 12.2. The van der Waals surface area contributed by atoms with E-state index in [-0.39, 0.29) is 21.2 Å². The van der Waals surface area contributed by atoms with Crippen molar-refractivity contribution >= 4 is 21.4 Å². The van der Waals surface area contributed by atoms with Gasteiger partial charge in [0.1, 0.15) is 5.75 Å². The lowest BCUT2D eigenvalue weighted by molar-refractivity contribution is -0.274. The quantitative estimate of drug-likeness (QED) is 0.459. The van der Waals surface area contributed by atoms with Crippen LogP contribution < -0.4 is 15.8 Å². The van der Waals surface area contributed by atoms with Gasteiger partial charge in [-0.3, -0.25) is 4.79 Å². The molecule has 1 heterocycles. The number of pyridine rings is 1. The van der Waals surface area contributed by atoms with Crippen LogP contribution in [0.25, 0.3) is 0 Å². The van der Waals surface area contributed by atoms with Crippen molar-refractivity contribution in [1.29, 1.82) is 0 Å². The van der Waals surface area contributed by atoms with E-state index in [0.29, 0.717) is 5.56 Å². The van der Waals surface area contributed by atoms with E-state index in [4.69, 9.17) is 5.73 Å². The largest absolute Gasteiger partial charge is 0.573 e. The van der Waals surface area contributed by atoms with E-state index in [0.717, 1.165) is 42.1 Å². The Balaban J connectivity index is 1.80. The lowest BCUT2D eigenvalue weighted by Gasteiger charge is -2.17. The fourth-order valence-electron chi connectivity index (χ4n) is 3.01. The number of sulfone groups is 1. The zero-order valence-electron chi connectivity index (χ0n) is 17.7. The highest BCUT2D eigenvalue weighted by Gasteiger charge is 2.31. The molecule has 34 heavy (non-hydrogen) atoms. The Bertz CT molecular complexity index is 1280. The second-order valence-corrected chi connectivity index (χ2v) is 9.20. The zero-order valence-corrected chi connectivity index (χ0v) is 18.5. The lowest BCUT2D eigenvalue weighted by Crippen LogP contribution is -2.32. The number of rotatable bonds is 7. The molecule has 12 heteroatoms. The maximum absolute atomic E-state index is 12.8. The van der Waals surface area contributed by atoms with Crippen LogP contribution in [0.4, 0.5) is 18.9 Å². The van der Waals surface area contributed by atoms with E-state index in [1.165, 1.54) is 0 Å². The summed E-state index contributed by atoms with van der Waals surface area (Å²) in [5.74, 6) is -1.31. The number of carbonyl (C=O) groups is 1. The SMILES string of the molecule is Cc1ccc(C(CO)NC(=O)c2ncc(S(=O)(=O)c3ccc(OC(F)(F)F)cc3)cc2N)cc1. The maximum atomic E-state index is 12.8. The molecule has 0 saturated carbocycles.